The highest BCUT2D eigenvalue weighted by Gasteiger charge is 2.15. The number of nitrogens with two attached hydrogens (primary N) is 1. The van der Waals surface area contributed by atoms with Crippen molar-refractivity contribution >= 4 is 35.7 Å². The third kappa shape index (κ3) is 6.75. The van der Waals surface area contributed by atoms with Crippen LogP contribution in [-0.2, 0) is 9.53 Å². The fourth-order valence-corrected chi connectivity index (χ4v) is 1.60. The van der Waals surface area contributed by atoms with Crippen LogP contribution in [0.5, 0.6) is 0 Å². The monoisotopic (exact) mass is 330 g/mol. The molecule has 0 heterocycles. The molecule has 0 saturated heterocycles. The van der Waals surface area contributed by atoms with Crippen molar-refractivity contribution in [3.8, 4) is 0 Å². The molecule has 0 spiro atoms. The molecule has 0 radical (unpaired) electrons. The number of anilines is 2. The predicted octanol–water partition coefficient (Wildman–Crippen LogP) is 1.55. The van der Waals surface area contributed by atoms with Gasteiger partial charge in [0, 0.05) is 13.2 Å². The van der Waals surface area contributed by atoms with Gasteiger partial charge in [-0.3, -0.25) is 4.79 Å². The number of carbonyl (C=O) groups excluding carboxylic acids is 2. The molecular weight excluding hydrogens is 308 g/mol. The Bertz CT molecular complexity index is 497. The number of hydrogen-bond acceptors (Lipinski definition) is 4. The van der Waals surface area contributed by atoms with E-state index in [1.165, 1.54) is 7.11 Å². The Morgan fingerprint density at radius 3 is 2.23 bits per heavy atom. The summed E-state index contributed by atoms with van der Waals surface area (Å²) in [5.41, 5.74) is 6.63. The molecule has 124 valence electrons. The van der Waals surface area contributed by atoms with Crippen LogP contribution in [0, 0.1) is 0 Å². The Balaban J connectivity index is 0.00000441. The van der Waals surface area contributed by atoms with Crippen molar-refractivity contribution in [1.82, 2.24) is 5.32 Å². The molecule has 0 aromatic heterocycles. The molecule has 1 atom stereocenters. The number of nitrogens with one attached hydrogen (secondary N) is 3. The van der Waals surface area contributed by atoms with E-state index < -0.39 is 6.04 Å². The predicted molar refractivity (Wildman–Crippen MR) is 89.5 cm³/mol. The van der Waals surface area contributed by atoms with Crippen LogP contribution in [-0.4, -0.2) is 37.7 Å². The fraction of sp³-hybridized carbons (Fsp3) is 0.429. The van der Waals surface area contributed by atoms with Gasteiger partial charge >= 0.3 is 6.03 Å². The summed E-state index contributed by atoms with van der Waals surface area (Å²) in [7, 11) is 1.47. The Labute approximate surface area is 136 Å². The quantitative estimate of drug-likeness (QED) is 0.635. The zero-order valence-electron chi connectivity index (χ0n) is 12.9. The molecule has 1 rings (SSSR count). The van der Waals surface area contributed by atoms with Crippen LogP contribution < -0.4 is 21.7 Å². The summed E-state index contributed by atoms with van der Waals surface area (Å²) in [6, 6.07) is 5.79. The number of hydrogen-bond donors (Lipinski definition) is 4. The van der Waals surface area contributed by atoms with Gasteiger partial charge in [-0.15, -0.1) is 12.4 Å². The zero-order valence-corrected chi connectivity index (χ0v) is 13.7. The second-order valence-corrected chi connectivity index (χ2v) is 4.85. The molecule has 0 saturated carbocycles. The number of ether oxygens (including phenoxy) is 1. The smallest absolute Gasteiger partial charge is 0.319 e. The van der Waals surface area contributed by atoms with Gasteiger partial charge < -0.3 is 26.4 Å². The third-order valence-electron chi connectivity index (χ3n) is 2.54. The molecule has 1 unspecified atom stereocenters. The van der Waals surface area contributed by atoms with Crippen molar-refractivity contribution in [3.05, 3.63) is 24.3 Å². The minimum absolute atomic E-state index is 0. The van der Waals surface area contributed by atoms with Gasteiger partial charge in [-0.25, -0.2) is 4.79 Å². The van der Waals surface area contributed by atoms with Crippen LogP contribution in [0.15, 0.2) is 24.3 Å². The fourth-order valence-electron chi connectivity index (χ4n) is 1.60. The number of methoxy groups -OCH3 is 1. The van der Waals surface area contributed by atoms with Gasteiger partial charge in [-0.1, -0.05) is 12.1 Å². The van der Waals surface area contributed by atoms with Gasteiger partial charge in [0.15, 0.2) is 0 Å². The summed E-state index contributed by atoms with van der Waals surface area (Å²) < 4.78 is 4.84. The maximum Gasteiger partial charge on any atom is 0.319 e. The summed E-state index contributed by atoms with van der Waals surface area (Å²) in [4.78, 5) is 23.6. The van der Waals surface area contributed by atoms with Crippen LogP contribution >= 0.6 is 12.4 Å². The normalized spacial score (nSPS) is 11.3. The van der Waals surface area contributed by atoms with E-state index in [4.69, 9.17) is 10.5 Å². The van der Waals surface area contributed by atoms with Crippen LogP contribution in [0.25, 0.3) is 0 Å². The minimum Gasteiger partial charge on any atom is -0.383 e. The van der Waals surface area contributed by atoms with Crippen LogP contribution in [0.3, 0.4) is 0 Å². The van der Waals surface area contributed by atoms with E-state index >= 15 is 0 Å². The number of halogens is 1. The maximum atomic E-state index is 11.9. The summed E-state index contributed by atoms with van der Waals surface area (Å²) >= 11 is 0. The van der Waals surface area contributed by atoms with Crippen LogP contribution in [0.1, 0.15) is 13.8 Å². The van der Waals surface area contributed by atoms with Crippen molar-refractivity contribution in [2.45, 2.75) is 25.9 Å². The van der Waals surface area contributed by atoms with E-state index in [0.717, 1.165) is 0 Å². The number of para-hydroxylation sites is 2. The van der Waals surface area contributed by atoms with Gasteiger partial charge in [0.25, 0.3) is 0 Å². The SMILES string of the molecule is COCC(N)C(=O)Nc1ccccc1NC(=O)NC(C)C.Cl. The van der Waals surface area contributed by atoms with Crippen molar-refractivity contribution < 1.29 is 14.3 Å². The first-order chi connectivity index (χ1) is 9.93. The Morgan fingerprint density at radius 2 is 1.73 bits per heavy atom. The molecule has 0 aliphatic carbocycles. The summed E-state index contributed by atoms with van der Waals surface area (Å²) in [6.07, 6.45) is 0. The van der Waals surface area contributed by atoms with Crippen molar-refractivity contribution in [2.75, 3.05) is 24.4 Å². The molecule has 22 heavy (non-hydrogen) atoms. The lowest BCUT2D eigenvalue weighted by molar-refractivity contribution is -0.118. The van der Waals surface area contributed by atoms with E-state index in [0.29, 0.717) is 11.4 Å². The van der Waals surface area contributed by atoms with E-state index in [9.17, 15) is 9.59 Å². The molecule has 3 amide bonds. The summed E-state index contributed by atoms with van der Waals surface area (Å²) in [5, 5.41) is 8.06. The average Bonchev–Trinajstić information content (AvgIpc) is 2.40. The molecule has 0 fully saturated rings. The number of urea groups is 1. The first-order valence-corrected chi connectivity index (χ1v) is 6.66. The molecular formula is C14H23ClN4O3. The first-order valence-electron chi connectivity index (χ1n) is 6.66. The van der Waals surface area contributed by atoms with E-state index in [1.54, 1.807) is 24.3 Å². The molecule has 8 heteroatoms. The largest absolute Gasteiger partial charge is 0.383 e. The lowest BCUT2D eigenvalue weighted by Gasteiger charge is -2.16. The average molecular weight is 331 g/mol. The van der Waals surface area contributed by atoms with Crippen molar-refractivity contribution in [2.24, 2.45) is 5.73 Å². The van der Waals surface area contributed by atoms with Crippen LogP contribution in [0.4, 0.5) is 16.2 Å². The van der Waals surface area contributed by atoms with Gasteiger partial charge in [-0.2, -0.15) is 0 Å². The first kappa shape index (κ1) is 20.2. The van der Waals surface area contributed by atoms with Crippen LogP contribution in [0.2, 0.25) is 0 Å². The summed E-state index contributed by atoms with van der Waals surface area (Å²) in [6.45, 7) is 3.84. The number of rotatable bonds is 6. The van der Waals surface area contributed by atoms with Crippen molar-refractivity contribution in [3.63, 3.8) is 0 Å². The second kappa shape index (κ2) is 9.99. The molecule has 1 aromatic carbocycles. The van der Waals surface area contributed by atoms with E-state index in [1.807, 2.05) is 13.8 Å². The molecule has 7 nitrogen and oxygen atoms in total. The van der Waals surface area contributed by atoms with Gasteiger partial charge in [0.1, 0.15) is 6.04 Å². The Morgan fingerprint density at radius 1 is 1.18 bits per heavy atom. The number of amides is 3. The minimum atomic E-state index is -0.771. The van der Waals surface area contributed by atoms with Gasteiger partial charge in [0.05, 0.1) is 18.0 Å². The van der Waals surface area contributed by atoms with E-state index in [-0.39, 0.29) is 37.0 Å². The third-order valence-corrected chi connectivity index (χ3v) is 2.54. The highest BCUT2D eigenvalue weighted by molar-refractivity contribution is 6.00. The molecule has 5 N–H and O–H groups in total. The van der Waals surface area contributed by atoms with E-state index in [2.05, 4.69) is 16.0 Å². The maximum absolute atomic E-state index is 11.9. The number of benzene rings is 1. The molecule has 0 aliphatic rings. The van der Waals surface area contributed by atoms with Crippen molar-refractivity contribution in [1.29, 1.82) is 0 Å². The van der Waals surface area contributed by atoms with Gasteiger partial charge in [0.2, 0.25) is 5.91 Å². The standard InChI is InChI=1S/C14H22N4O3.ClH/c1-9(2)16-14(20)18-12-7-5-4-6-11(12)17-13(19)10(15)8-21-3;/h4-7,9-10H,8,15H2,1-3H3,(H,17,19)(H2,16,18,20);1H. The topological polar surface area (TPSA) is 105 Å². The zero-order chi connectivity index (χ0) is 15.8. The lowest BCUT2D eigenvalue weighted by atomic mass is 10.2. The highest BCUT2D eigenvalue weighted by Crippen LogP contribution is 2.20. The summed E-state index contributed by atoms with van der Waals surface area (Å²) in [5.74, 6) is -0.379. The highest BCUT2D eigenvalue weighted by atomic mass is 35.5. The molecule has 0 bridgehead atoms. The number of carbonyl (C=O) groups is 2. The molecule has 1 aromatic rings. The van der Waals surface area contributed by atoms with Gasteiger partial charge in [-0.05, 0) is 26.0 Å². The molecule has 0 aliphatic heterocycles. The Kier molecular flexibility index (Phi) is 9.16. The lowest BCUT2D eigenvalue weighted by Crippen LogP contribution is -2.39. The second-order valence-electron chi connectivity index (χ2n) is 4.85. The Hall–Kier alpha value is -1.83.